The van der Waals surface area contributed by atoms with Crippen LogP contribution in [0.25, 0.3) is 11.3 Å². The molecule has 5 rings (SSSR count). The lowest BCUT2D eigenvalue weighted by molar-refractivity contribution is -0.132. The number of hydrogen-bond acceptors (Lipinski definition) is 6. The van der Waals surface area contributed by atoms with E-state index in [1.54, 1.807) is 12.0 Å². The summed E-state index contributed by atoms with van der Waals surface area (Å²) in [6.07, 6.45) is 1.92. The smallest absolute Gasteiger partial charge is 0.254 e. The maximum Gasteiger partial charge on any atom is 0.254 e. The minimum Gasteiger partial charge on any atom is -0.497 e. The quantitative estimate of drug-likeness (QED) is 0.510. The number of nitrogens with zero attached hydrogens (tertiary/aromatic N) is 5. The van der Waals surface area contributed by atoms with Crippen LogP contribution in [-0.4, -0.2) is 77.7 Å². The molecule has 2 heterocycles. The number of carbonyl (C=O) groups excluding carboxylic acids is 2. The molecule has 0 bridgehead atoms. The number of rotatable bonds is 7. The van der Waals surface area contributed by atoms with E-state index in [1.807, 2.05) is 72.5 Å². The highest BCUT2D eigenvalue weighted by Crippen LogP contribution is 2.29. The van der Waals surface area contributed by atoms with Gasteiger partial charge in [-0.05, 0) is 55.7 Å². The molecule has 8 nitrogen and oxygen atoms in total. The third kappa shape index (κ3) is 5.17. The molecular weight excluding hydrogens is 454 g/mol. The number of methoxy groups -OCH3 is 1. The number of piperazine rings is 1. The molecule has 2 fully saturated rings. The van der Waals surface area contributed by atoms with Crippen molar-refractivity contribution in [2.75, 3.05) is 44.7 Å². The van der Waals surface area contributed by atoms with Crippen molar-refractivity contribution in [1.29, 1.82) is 0 Å². The molecule has 1 aliphatic carbocycles. The molecule has 36 heavy (non-hydrogen) atoms. The van der Waals surface area contributed by atoms with Crippen LogP contribution in [0.2, 0.25) is 0 Å². The molecule has 0 atom stereocenters. The summed E-state index contributed by atoms with van der Waals surface area (Å²) in [6.45, 7) is 4.60. The van der Waals surface area contributed by atoms with Crippen molar-refractivity contribution in [2.45, 2.75) is 25.8 Å². The Morgan fingerprint density at radius 1 is 0.972 bits per heavy atom. The van der Waals surface area contributed by atoms with Crippen molar-refractivity contribution >= 4 is 17.6 Å². The number of hydrogen-bond donors (Lipinski definition) is 0. The second kappa shape index (κ2) is 10.4. The van der Waals surface area contributed by atoms with E-state index in [0.717, 1.165) is 41.2 Å². The molecule has 8 heteroatoms. The van der Waals surface area contributed by atoms with E-state index in [4.69, 9.17) is 4.74 Å². The van der Waals surface area contributed by atoms with Crippen molar-refractivity contribution in [3.63, 3.8) is 0 Å². The molecule has 186 valence electrons. The molecule has 2 aromatic carbocycles. The van der Waals surface area contributed by atoms with Crippen LogP contribution in [0.1, 0.15) is 28.8 Å². The molecular formula is C28H31N5O3. The Hall–Kier alpha value is -3.94. The van der Waals surface area contributed by atoms with Gasteiger partial charge in [0.25, 0.3) is 5.91 Å². The highest BCUT2D eigenvalue weighted by atomic mass is 16.5. The molecule has 1 aromatic heterocycles. The van der Waals surface area contributed by atoms with Crippen LogP contribution in [0.15, 0.2) is 60.7 Å². The molecule has 0 N–H and O–H groups in total. The minimum absolute atomic E-state index is 0.00272. The van der Waals surface area contributed by atoms with Crippen LogP contribution in [-0.2, 0) is 4.79 Å². The molecule has 3 aromatic rings. The van der Waals surface area contributed by atoms with Crippen LogP contribution in [0.4, 0.5) is 5.82 Å². The zero-order valence-corrected chi connectivity index (χ0v) is 20.8. The predicted molar refractivity (Wildman–Crippen MR) is 138 cm³/mol. The molecule has 2 aliphatic rings. The normalized spacial score (nSPS) is 15.5. The predicted octanol–water partition coefficient (Wildman–Crippen LogP) is 3.41. The third-order valence-electron chi connectivity index (χ3n) is 6.90. The number of aryl methyl sites for hydroxylation is 1. The summed E-state index contributed by atoms with van der Waals surface area (Å²) >= 11 is 0. The van der Waals surface area contributed by atoms with E-state index in [1.165, 1.54) is 0 Å². The van der Waals surface area contributed by atoms with Crippen LogP contribution >= 0.6 is 0 Å². The Bertz CT molecular complexity index is 1230. The summed E-state index contributed by atoms with van der Waals surface area (Å²) in [7, 11) is 1.64. The average Bonchev–Trinajstić information content (AvgIpc) is 3.77. The lowest BCUT2D eigenvalue weighted by atomic mass is 10.1. The summed E-state index contributed by atoms with van der Waals surface area (Å²) in [5.41, 5.74) is 3.35. The van der Waals surface area contributed by atoms with Crippen molar-refractivity contribution < 1.29 is 14.3 Å². The molecule has 0 radical (unpaired) electrons. The molecule has 2 amide bonds. The zero-order valence-electron chi connectivity index (χ0n) is 20.8. The van der Waals surface area contributed by atoms with Gasteiger partial charge in [0.2, 0.25) is 5.91 Å². The van der Waals surface area contributed by atoms with Crippen LogP contribution in [0.5, 0.6) is 5.75 Å². The summed E-state index contributed by atoms with van der Waals surface area (Å²) in [4.78, 5) is 32.1. The Balaban J connectivity index is 1.18. The topological polar surface area (TPSA) is 78.9 Å². The van der Waals surface area contributed by atoms with Crippen LogP contribution in [0.3, 0.4) is 0 Å². The number of carbonyl (C=O) groups is 2. The SMILES string of the molecule is COc1cccc(-c2ccc(N3CCN(C(=O)CN(C(=O)c4ccccc4C)C4CC4)CC3)nn2)c1. The van der Waals surface area contributed by atoms with Gasteiger partial charge in [0.15, 0.2) is 5.82 Å². The van der Waals surface area contributed by atoms with Crippen LogP contribution < -0.4 is 9.64 Å². The van der Waals surface area contributed by atoms with Crippen molar-refractivity contribution in [1.82, 2.24) is 20.0 Å². The highest BCUT2D eigenvalue weighted by Gasteiger charge is 2.36. The molecule has 1 saturated carbocycles. The van der Waals surface area contributed by atoms with E-state index in [2.05, 4.69) is 15.1 Å². The first-order valence-electron chi connectivity index (χ1n) is 12.4. The van der Waals surface area contributed by atoms with E-state index in [-0.39, 0.29) is 24.4 Å². The van der Waals surface area contributed by atoms with Gasteiger partial charge in [0, 0.05) is 43.3 Å². The maximum absolute atomic E-state index is 13.2. The molecule has 1 saturated heterocycles. The van der Waals surface area contributed by atoms with Crippen molar-refractivity contribution in [3.8, 4) is 17.0 Å². The largest absolute Gasteiger partial charge is 0.497 e. The number of benzene rings is 2. The van der Waals surface area contributed by atoms with Gasteiger partial charge in [-0.15, -0.1) is 10.2 Å². The molecule has 0 unspecified atom stereocenters. The van der Waals surface area contributed by atoms with Crippen molar-refractivity contribution in [2.24, 2.45) is 0 Å². The lowest BCUT2D eigenvalue weighted by Crippen LogP contribution is -2.52. The fraction of sp³-hybridized carbons (Fsp3) is 0.357. The summed E-state index contributed by atoms with van der Waals surface area (Å²) in [5.74, 6) is 1.53. The summed E-state index contributed by atoms with van der Waals surface area (Å²) in [5, 5.41) is 8.83. The number of amides is 2. The fourth-order valence-electron chi connectivity index (χ4n) is 4.58. The minimum atomic E-state index is -0.0472. The van der Waals surface area contributed by atoms with Gasteiger partial charge >= 0.3 is 0 Å². The van der Waals surface area contributed by atoms with Gasteiger partial charge in [-0.2, -0.15) is 0 Å². The van der Waals surface area contributed by atoms with E-state index < -0.39 is 0 Å². The second-order valence-electron chi connectivity index (χ2n) is 9.36. The highest BCUT2D eigenvalue weighted by molar-refractivity contribution is 5.98. The van der Waals surface area contributed by atoms with E-state index >= 15 is 0 Å². The van der Waals surface area contributed by atoms with Gasteiger partial charge in [-0.1, -0.05) is 30.3 Å². The summed E-state index contributed by atoms with van der Waals surface area (Å²) in [6, 6.07) is 19.4. The first kappa shape index (κ1) is 23.8. The third-order valence-corrected chi connectivity index (χ3v) is 6.90. The lowest BCUT2D eigenvalue weighted by Gasteiger charge is -2.36. The maximum atomic E-state index is 13.2. The monoisotopic (exact) mass is 485 g/mol. The fourth-order valence-corrected chi connectivity index (χ4v) is 4.58. The standard InChI is InChI=1S/C28H31N5O3/c1-20-6-3-4-9-24(20)28(35)33(22-10-11-22)19-27(34)32-16-14-31(15-17-32)26-13-12-25(29-30-26)21-7-5-8-23(18-21)36-2/h3-9,12-13,18,22H,10-11,14-17,19H2,1-2H3. The number of aromatic nitrogens is 2. The van der Waals surface area contributed by atoms with E-state index in [9.17, 15) is 9.59 Å². The Labute approximate surface area is 211 Å². The average molecular weight is 486 g/mol. The second-order valence-corrected chi connectivity index (χ2v) is 9.36. The van der Waals surface area contributed by atoms with Gasteiger partial charge in [-0.3, -0.25) is 9.59 Å². The van der Waals surface area contributed by atoms with Crippen molar-refractivity contribution in [3.05, 3.63) is 71.8 Å². The number of ether oxygens (including phenoxy) is 1. The Morgan fingerprint density at radius 2 is 1.75 bits per heavy atom. The Kier molecular flexibility index (Phi) is 6.84. The first-order valence-corrected chi connectivity index (χ1v) is 12.4. The molecule has 1 aliphatic heterocycles. The summed E-state index contributed by atoms with van der Waals surface area (Å²) < 4.78 is 5.30. The van der Waals surface area contributed by atoms with Gasteiger partial charge < -0.3 is 19.4 Å². The molecule has 0 spiro atoms. The van der Waals surface area contributed by atoms with Crippen LogP contribution in [0, 0.1) is 6.92 Å². The first-order chi connectivity index (χ1) is 17.5. The Morgan fingerprint density at radius 3 is 2.42 bits per heavy atom. The zero-order chi connectivity index (χ0) is 25.1. The number of anilines is 1. The van der Waals surface area contributed by atoms with Gasteiger partial charge in [0.1, 0.15) is 12.3 Å². The van der Waals surface area contributed by atoms with Gasteiger partial charge in [0.05, 0.1) is 12.8 Å². The van der Waals surface area contributed by atoms with E-state index in [0.29, 0.717) is 31.7 Å². The van der Waals surface area contributed by atoms with Gasteiger partial charge in [-0.25, -0.2) is 0 Å².